The van der Waals surface area contributed by atoms with Crippen LogP contribution < -0.4 is 4.74 Å². The Morgan fingerprint density at radius 3 is 2.46 bits per heavy atom. The summed E-state index contributed by atoms with van der Waals surface area (Å²) in [5.74, 6) is 0.0492. The number of nitro benzene ring substituents is 1. The highest BCUT2D eigenvalue weighted by atomic mass is 16.6. The van der Waals surface area contributed by atoms with Crippen molar-refractivity contribution < 1.29 is 19.2 Å². The zero-order valence-electron chi connectivity index (χ0n) is 15.0. The Labute approximate surface area is 152 Å². The maximum atomic E-state index is 12.3. The van der Waals surface area contributed by atoms with Gasteiger partial charge in [0.1, 0.15) is 0 Å². The SMILES string of the molecule is CCCOc1ccc(/C=C/C(=O)N2CCN(C(C)=O)CC2)cc1[N+](=O)[O-]. The van der Waals surface area contributed by atoms with E-state index in [1.165, 1.54) is 19.1 Å². The van der Waals surface area contributed by atoms with Crippen molar-refractivity contribution in [2.75, 3.05) is 32.8 Å². The summed E-state index contributed by atoms with van der Waals surface area (Å²) in [5.41, 5.74) is 0.430. The summed E-state index contributed by atoms with van der Waals surface area (Å²) in [5, 5.41) is 11.2. The zero-order valence-corrected chi connectivity index (χ0v) is 15.0. The largest absolute Gasteiger partial charge is 0.487 e. The van der Waals surface area contributed by atoms with E-state index in [-0.39, 0.29) is 23.3 Å². The van der Waals surface area contributed by atoms with E-state index in [2.05, 4.69) is 0 Å². The molecule has 1 aliphatic heterocycles. The summed E-state index contributed by atoms with van der Waals surface area (Å²) in [6.07, 6.45) is 3.70. The molecule has 0 saturated carbocycles. The van der Waals surface area contributed by atoms with Crippen LogP contribution in [0.5, 0.6) is 5.75 Å². The molecule has 0 unspecified atom stereocenters. The fourth-order valence-corrected chi connectivity index (χ4v) is 2.63. The van der Waals surface area contributed by atoms with E-state index in [1.807, 2.05) is 6.92 Å². The standard InChI is InChI=1S/C18H23N3O5/c1-3-12-26-17-6-4-15(13-16(17)21(24)25)5-7-18(23)20-10-8-19(9-11-20)14(2)22/h4-7,13H,3,8-12H2,1-2H3/b7-5+. The Balaban J connectivity index is 2.03. The van der Waals surface area contributed by atoms with Crippen molar-refractivity contribution in [1.82, 2.24) is 9.80 Å². The van der Waals surface area contributed by atoms with Gasteiger partial charge in [0, 0.05) is 45.2 Å². The smallest absolute Gasteiger partial charge is 0.311 e. The quantitative estimate of drug-likeness (QED) is 0.439. The highest BCUT2D eigenvalue weighted by Gasteiger charge is 2.21. The molecule has 1 aliphatic rings. The third kappa shape index (κ3) is 5.05. The second-order valence-electron chi connectivity index (χ2n) is 6.00. The summed E-state index contributed by atoms with van der Waals surface area (Å²) < 4.78 is 5.38. The summed E-state index contributed by atoms with van der Waals surface area (Å²) in [7, 11) is 0. The summed E-state index contributed by atoms with van der Waals surface area (Å²) in [4.78, 5) is 37.6. The zero-order chi connectivity index (χ0) is 19.1. The highest BCUT2D eigenvalue weighted by molar-refractivity contribution is 5.92. The lowest BCUT2D eigenvalue weighted by Gasteiger charge is -2.33. The van der Waals surface area contributed by atoms with Crippen molar-refractivity contribution in [3.63, 3.8) is 0 Å². The molecule has 0 N–H and O–H groups in total. The molecule has 2 rings (SSSR count). The van der Waals surface area contributed by atoms with Crippen molar-refractivity contribution in [2.45, 2.75) is 20.3 Å². The number of amides is 2. The minimum atomic E-state index is -0.495. The van der Waals surface area contributed by atoms with Crippen LogP contribution in [0.2, 0.25) is 0 Å². The average molecular weight is 361 g/mol. The molecule has 0 aliphatic carbocycles. The average Bonchev–Trinajstić information content (AvgIpc) is 2.64. The second kappa shape index (κ2) is 8.98. The number of nitro groups is 1. The van der Waals surface area contributed by atoms with Crippen molar-refractivity contribution in [3.8, 4) is 5.75 Å². The predicted octanol–water partition coefficient (Wildman–Crippen LogP) is 2.09. The van der Waals surface area contributed by atoms with Gasteiger partial charge in [-0.2, -0.15) is 0 Å². The van der Waals surface area contributed by atoms with Crippen LogP contribution in [0, 0.1) is 10.1 Å². The summed E-state index contributed by atoms with van der Waals surface area (Å²) in [6, 6.07) is 4.61. The summed E-state index contributed by atoms with van der Waals surface area (Å²) >= 11 is 0. The van der Waals surface area contributed by atoms with E-state index in [4.69, 9.17) is 4.74 Å². The lowest BCUT2D eigenvalue weighted by Crippen LogP contribution is -2.49. The van der Waals surface area contributed by atoms with Gasteiger partial charge in [-0.15, -0.1) is 0 Å². The Hall–Kier alpha value is -2.90. The lowest BCUT2D eigenvalue weighted by molar-refractivity contribution is -0.385. The van der Waals surface area contributed by atoms with E-state index in [1.54, 1.807) is 28.0 Å². The molecule has 1 heterocycles. The van der Waals surface area contributed by atoms with Gasteiger partial charge in [-0.25, -0.2) is 0 Å². The van der Waals surface area contributed by atoms with E-state index in [0.717, 1.165) is 6.42 Å². The minimum Gasteiger partial charge on any atom is -0.487 e. The molecule has 0 aromatic heterocycles. The summed E-state index contributed by atoms with van der Waals surface area (Å²) in [6.45, 7) is 5.83. The second-order valence-corrected chi connectivity index (χ2v) is 6.00. The number of hydrogen-bond acceptors (Lipinski definition) is 5. The maximum Gasteiger partial charge on any atom is 0.311 e. The lowest BCUT2D eigenvalue weighted by atomic mass is 10.1. The van der Waals surface area contributed by atoms with Crippen molar-refractivity contribution in [1.29, 1.82) is 0 Å². The van der Waals surface area contributed by atoms with Crippen LogP contribution in [0.4, 0.5) is 5.69 Å². The van der Waals surface area contributed by atoms with Crippen LogP contribution in [0.15, 0.2) is 24.3 Å². The first-order chi connectivity index (χ1) is 12.4. The molecule has 2 amide bonds. The first-order valence-electron chi connectivity index (χ1n) is 8.56. The van der Waals surface area contributed by atoms with Gasteiger partial charge in [0.15, 0.2) is 5.75 Å². The molecule has 1 saturated heterocycles. The topological polar surface area (TPSA) is 93.0 Å². The molecule has 0 atom stereocenters. The van der Waals surface area contributed by atoms with Crippen LogP contribution in [0.25, 0.3) is 6.08 Å². The van der Waals surface area contributed by atoms with Gasteiger partial charge in [0.05, 0.1) is 11.5 Å². The number of carbonyl (C=O) groups excluding carboxylic acids is 2. The Kier molecular flexibility index (Phi) is 6.71. The number of nitrogens with zero attached hydrogens (tertiary/aromatic N) is 3. The molecule has 8 heteroatoms. The molecular formula is C18H23N3O5. The van der Waals surface area contributed by atoms with Crippen molar-refractivity contribution >= 4 is 23.6 Å². The molecule has 1 aromatic carbocycles. The first kappa shape index (κ1) is 19.4. The first-order valence-corrected chi connectivity index (χ1v) is 8.56. The van der Waals surface area contributed by atoms with Gasteiger partial charge in [-0.1, -0.05) is 13.0 Å². The van der Waals surface area contributed by atoms with E-state index in [9.17, 15) is 19.7 Å². The number of hydrogen-bond donors (Lipinski definition) is 0. The van der Waals surface area contributed by atoms with Crippen molar-refractivity contribution in [2.24, 2.45) is 0 Å². The number of piperazine rings is 1. The third-order valence-electron chi connectivity index (χ3n) is 4.10. The molecule has 140 valence electrons. The normalized spacial score (nSPS) is 14.5. The fourth-order valence-electron chi connectivity index (χ4n) is 2.63. The molecule has 0 bridgehead atoms. The van der Waals surface area contributed by atoms with Gasteiger partial charge in [0.2, 0.25) is 11.8 Å². The van der Waals surface area contributed by atoms with Crippen LogP contribution in [-0.2, 0) is 9.59 Å². The van der Waals surface area contributed by atoms with Crippen LogP contribution in [0.1, 0.15) is 25.8 Å². The molecule has 8 nitrogen and oxygen atoms in total. The van der Waals surface area contributed by atoms with Crippen LogP contribution in [-0.4, -0.2) is 59.3 Å². The molecule has 26 heavy (non-hydrogen) atoms. The van der Waals surface area contributed by atoms with Crippen LogP contribution >= 0.6 is 0 Å². The van der Waals surface area contributed by atoms with Crippen LogP contribution in [0.3, 0.4) is 0 Å². The number of ether oxygens (including phenoxy) is 1. The number of benzene rings is 1. The molecule has 0 radical (unpaired) electrons. The van der Waals surface area contributed by atoms with Crippen molar-refractivity contribution in [3.05, 3.63) is 40.0 Å². The van der Waals surface area contributed by atoms with E-state index in [0.29, 0.717) is 38.3 Å². The van der Waals surface area contributed by atoms with Gasteiger partial charge in [-0.05, 0) is 24.1 Å². The molecule has 1 aromatic rings. The third-order valence-corrected chi connectivity index (χ3v) is 4.10. The Morgan fingerprint density at radius 2 is 1.88 bits per heavy atom. The number of rotatable bonds is 6. The van der Waals surface area contributed by atoms with Gasteiger partial charge < -0.3 is 14.5 Å². The Morgan fingerprint density at radius 1 is 1.23 bits per heavy atom. The number of carbonyl (C=O) groups is 2. The van der Waals surface area contributed by atoms with E-state index >= 15 is 0 Å². The van der Waals surface area contributed by atoms with Gasteiger partial charge in [-0.3, -0.25) is 19.7 Å². The molecule has 1 fully saturated rings. The van der Waals surface area contributed by atoms with Gasteiger partial charge >= 0.3 is 5.69 Å². The van der Waals surface area contributed by atoms with E-state index < -0.39 is 4.92 Å². The molecule has 0 spiro atoms. The Bertz CT molecular complexity index is 709. The highest BCUT2D eigenvalue weighted by Crippen LogP contribution is 2.28. The van der Waals surface area contributed by atoms with Gasteiger partial charge in [0.25, 0.3) is 0 Å². The predicted molar refractivity (Wildman–Crippen MR) is 96.8 cm³/mol. The maximum absolute atomic E-state index is 12.3. The fraction of sp³-hybridized carbons (Fsp3) is 0.444. The molecular weight excluding hydrogens is 338 g/mol. The monoisotopic (exact) mass is 361 g/mol. The minimum absolute atomic E-state index is 0.00494.